The number of rotatable bonds is 5. The lowest BCUT2D eigenvalue weighted by Gasteiger charge is -2.23. The molecule has 3 aromatic carbocycles. The van der Waals surface area contributed by atoms with Gasteiger partial charge in [-0.15, -0.1) is 0 Å². The van der Waals surface area contributed by atoms with Gasteiger partial charge in [-0.2, -0.15) is 0 Å². The summed E-state index contributed by atoms with van der Waals surface area (Å²) >= 11 is 0. The highest BCUT2D eigenvalue weighted by Gasteiger charge is 2.29. The molecule has 1 heterocycles. The molecule has 3 aromatic rings. The third-order valence-electron chi connectivity index (χ3n) is 4.23. The molecular weight excluding hydrogens is 370 g/mol. The number of sulfonamides is 1. The number of hydrogen-bond acceptors (Lipinski definition) is 5. The second-order valence-electron chi connectivity index (χ2n) is 5.95. The van der Waals surface area contributed by atoms with Gasteiger partial charge in [0.25, 0.3) is 10.0 Å². The van der Waals surface area contributed by atoms with E-state index in [1.807, 2.05) is 18.2 Å². The number of benzene rings is 3. The van der Waals surface area contributed by atoms with Gasteiger partial charge in [0.05, 0.1) is 10.6 Å². The first-order valence-corrected chi connectivity index (χ1v) is 9.52. The number of carboxylic acids is 1. The van der Waals surface area contributed by atoms with Crippen molar-refractivity contribution in [1.29, 1.82) is 0 Å². The van der Waals surface area contributed by atoms with Crippen LogP contribution in [0, 0.1) is 0 Å². The van der Waals surface area contributed by atoms with Crippen LogP contribution in [-0.2, 0) is 14.8 Å². The zero-order valence-corrected chi connectivity index (χ0v) is 14.8. The number of ether oxygens (including phenoxy) is 2. The Balaban J connectivity index is 1.81. The van der Waals surface area contributed by atoms with Crippen LogP contribution in [0.1, 0.15) is 0 Å². The van der Waals surface area contributed by atoms with E-state index in [-0.39, 0.29) is 17.4 Å². The lowest BCUT2D eigenvalue weighted by Crippen LogP contribution is -2.35. The molecule has 0 saturated heterocycles. The summed E-state index contributed by atoms with van der Waals surface area (Å²) in [5.74, 6) is -0.411. The van der Waals surface area contributed by atoms with Crippen molar-refractivity contribution < 1.29 is 27.8 Å². The Kier molecular flexibility index (Phi) is 4.12. The molecule has 0 spiro atoms. The number of fused-ring (bicyclic) bond motifs is 2. The highest BCUT2D eigenvalue weighted by Crippen LogP contribution is 2.37. The molecule has 0 aliphatic carbocycles. The van der Waals surface area contributed by atoms with Crippen LogP contribution in [0.5, 0.6) is 11.5 Å². The molecule has 0 aromatic heterocycles. The lowest BCUT2D eigenvalue weighted by atomic mass is 10.1. The molecule has 0 unspecified atom stereocenters. The van der Waals surface area contributed by atoms with E-state index in [9.17, 15) is 18.3 Å². The van der Waals surface area contributed by atoms with Gasteiger partial charge in [-0.05, 0) is 35.0 Å². The molecule has 0 fully saturated rings. The van der Waals surface area contributed by atoms with Crippen molar-refractivity contribution in [1.82, 2.24) is 0 Å². The Morgan fingerprint density at radius 3 is 2.48 bits per heavy atom. The van der Waals surface area contributed by atoms with Gasteiger partial charge >= 0.3 is 5.97 Å². The van der Waals surface area contributed by atoms with Gasteiger partial charge in [0.15, 0.2) is 11.5 Å². The normalized spacial score (nSPS) is 12.9. The first kappa shape index (κ1) is 17.2. The molecular formula is C19H15NO6S. The van der Waals surface area contributed by atoms with Crippen molar-refractivity contribution in [3.63, 3.8) is 0 Å². The fourth-order valence-electron chi connectivity index (χ4n) is 2.93. The predicted molar refractivity (Wildman–Crippen MR) is 98.7 cm³/mol. The van der Waals surface area contributed by atoms with Crippen molar-refractivity contribution in [3.05, 3.63) is 60.7 Å². The van der Waals surface area contributed by atoms with Crippen LogP contribution < -0.4 is 13.8 Å². The summed E-state index contributed by atoms with van der Waals surface area (Å²) in [5.41, 5.74) is 0.190. The Hall–Kier alpha value is -3.26. The number of anilines is 1. The Morgan fingerprint density at radius 1 is 0.963 bits per heavy atom. The molecule has 0 saturated carbocycles. The first-order chi connectivity index (χ1) is 12.9. The van der Waals surface area contributed by atoms with Gasteiger partial charge in [0.2, 0.25) is 6.79 Å². The molecule has 0 bridgehead atoms. The van der Waals surface area contributed by atoms with Gasteiger partial charge in [-0.3, -0.25) is 9.10 Å². The number of nitrogens with zero attached hydrogens (tertiary/aromatic N) is 1. The molecule has 27 heavy (non-hydrogen) atoms. The number of hydrogen-bond donors (Lipinski definition) is 1. The number of aliphatic carboxylic acids is 1. The van der Waals surface area contributed by atoms with Gasteiger partial charge in [0, 0.05) is 6.07 Å². The van der Waals surface area contributed by atoms with E-state index in [1.54, 1.807) is 18.2 Å². The summed E-state index contributed by atoms with van der Waals surface area (Å²) in [6.45, 7) is -0.677. The van der Waals surface area contributed by atoms with Gasteiger partial charge in [-0.1, -0.05) is 30.3 Å². The molecule has 0 atom stereocenters. The zero-order chi connectivity index (χ0) is 19.0. The van der Waals surface area contributed by atoms with Crippen LogP contribution in [0.15, 0.2) is 65.6 Å². The maximum atomic E-state index is 13.2. The average molecular weight is 385 g/mol. The van der Waals surface area contributed by atoms with Crippen molar-refractivity contribution in [3.8, 4) is 11.5 Å². The SMILES string of the molecule is O=C(O)CN(c1ccc2c(c1)OCO2)S(=O)(=O)c1ccc2ccccc2c1. The molecule has 138 valence electrons. The first-order valence-electron chi connectivity index (χ1n) is 8.08. The number of carboxylic acid groups (broad SMARTS) is 1. The summed E-state index contributed by atoms with van der Waals surface area (Å²) in [4.78, 5) is 11.4. The van der Waals surface area contributed by atoms with Crippen molar-refractivity contribution in [2.45, 2.75) is 4.90 Å². The van der Waals surface area contributed by atoms with E-state index in [0.717, 1.165) is 15.1 Å². The largest absolute Gasteiger partial charge is 0.480 e. The van der Waals surface area contributed by atoms with Gasteiger partial charge < -0.3 is 14.6 Å². The standard InChI is InChI=1S/C19H15NO6S/c21-19(22)11-20(15-6-8-17-18(10-15)26-12-25-17)27(23,24)16-7-5-13-3-1-2-4-14(13)9-16/h1-10H,11-12H2,(H,21,22). The molecule has 1 aliphatic rings. The minimum absolute atomic E-state index is 0.0140. The van der Waals surface area contributed by atoms with E-state index < -0.39 is 22.5 Å². The van der Waals surface area contributed by atoms with Crippen molar-refractivity contribution >= 4 is 32.5 Å². The second-order valence-corrected chi connectivity index (χ2v) is 7.81. The zero-order valence-electron chi connectivity index (χ0n) is 14.0. The average Bonchev–Trinajstić information content (AvgIpc) is 3.13. The van der Waals surface area contributed by atoms with Crippen LogP contribution >= 0.6 is 0 Å². The van der Waals surface area contributed by atoms with E-state index in [4.69, 9.17) is 9.47 Å². The monoisotopic (exact) mass is 385 g/mol. The molecule has 4 rings (SSSR count). The summed E-state index contributed by atoms with van der Waals surface area (Å²) in [5, 5.41) is 10.9. The summed E-state index contributed by atoms with van der Waals surface area (Å²) in [6, 6.07) is 16.6. The highest BCUT2D eigenvalue weighted by atomic mass is 32.2. The quantitative estimate of drug-likeness (QED) is 0.726. The Morgan fingerprint density at radius 2 is 1.70 bits per heavy atom. The maximum Gasteiger partial charge on any atom is 0.324 e. The Labute approximate surface area is 155 Å². The van der Waals surface area contributed by atoms with Crippen LogP contribution in [-0.4, -0.2) is 32.8 Å². The van der Waals surface area contributed by atoms with Crippen LogP contribution in [0.25, 0.3) is 10.8 Å². The maximum absolute atomic E-state index is 13.2. The van der Waals surface area contributed by atoms with Gasteiger partial charge in [0.1, 0.15) is 6.54 Å². The molecule has 1 aliphatic heterocycles. The molecule has 0 amide bonds. The fourth-order valence-corrected chi connectivity index (χ4v) is 4.38. The summed E-state index contributed by atoms with van der Waals surface area (Å²) < 4.78 is 37.8. The van der Waals surface area contributed by atoms with E-state index in [2.05, 4.69) is 0 Å². The molecule has 1 N–H and O–H groups in total. The fraction of sp³-hybridized carbons (Fsp3) is 0.105. The smallest absolute Gasteiger partial charge is 0.324 e. The molecule has 8 heteroatoms. The number of carbonyl (C=O) groups is 1. The van der Waals surface area contributed by atoms with Crippen LogP contribution in [0.2, 0.25) is 0 Å². The summed E-state index contributed by atoms with van der Waals surface area (Å²) in [6.07, 6.45) is 0. The van der Waals surface area contributed by atoms with Crippen molar-refractivity contribution in [2.75, 3.05) is 17.6 Å². The van der Waals surface area contributed by atoms with E-state index in [0.29, 0.717) is 11.5 Å². The van der Waals surface area contributed by atoms with Crippen LogP contribution in [0.3, 0.4) is 0 Å². The van der Waals surface area contributed by atoms with Gasteiger partial charge in [-0.25, -0.2) is 8.42 Å². The highest BCUT2D eigenvalue weighted by molar-refractivity contribution is 7.92. The minimum atomic E-state index is -4.10. The Bertz CT molecular complexity index is 1140. The lowest BCUT2D eigenvalue weighted by molar-refractivity contribution is -0.135. The topological polar surface area (TPSA) is 93.1 Å². The third kappa shape index (κ3) is 3.15. The predicted octanol–water partition coefficient (Wildman–Crippen LogP) is 2.85. The molecule has 0 radical (unpaired) electrons. The second kappa shape index (κ2) is 6.48. The van der Waals surface area contributed by atoms with E-state index in [1.165, 1.54) is 24.3 Å². The summed E-state index contributed by atoms with van der Waals surface area (Å²) in [7, 11) is -4.10. The van der Waals surface area contributed by atoms with E-state index >= 15 is 0 Å². The molecule has 7 nitrogen and oxygen atoms in total. The minimum Gasteiger partial charge on any atom is -0.480 e. The van der Waals surface area contributed by atoms with Crippen molar-refractivity contribution in [2.24, 2.45) is 0 Å². The van der Waals surface area contributed by atoms with Crippen LogP contribution in [0.4, 0.5) is 5.69 Å². The third-order valence-corrected chi connectivity index (χ3v) is 6.00.